The number of carbonyl (C=O) groups is 2. The van der Waals surface area contributed by atoms with Crippen LogP contribution in [-0.4, -0.2) is 34.6 Å². The van der Waals surface area contributed by atoms with E-state index in [0.29, 0.717) is 0 Å². The fraction of sp³-hybridized carbons (Fsp3) is 0.600. The van der Waals surface area contributed by atoms with Crippen LogP contribution < -0.4 is 5.32 Å². The van der Waals surface area contributed by atoms with E-state index in [9.17, 15) is 18.4 Å². The molecule has 2 aliphatic rings. The number of amides is 2. The van der Waals surface area contributed by atoms with Crippen molar-refractivity contribution in [1.29, 1.82) is 0 Å². The fourth-order valence-electron chi connectivity index (χ4n) is 4.12. The second-order valence-electron chi connectivity index (χ2n) is 8.49. The number of benzene rings is 1. The molecule has 0 aromatic heterocycles. The van der Waals surface area contributed by atoms with E-state index in [1.807, 2.05) is 25.7 Å². The van der Waals surface area contributed by atoms with Crippen molar-refractivity contribution in [3.05, 3.63) is 29.8 Å². The highest BCUT2D eigenvalue weighted by molar-refractivity contribution is 5.91. The maximum atomic E-state index is 13.7. The summed E-state index contributed by atoms with van der Waals surface area (Å²) in [6.45, 7) is 5.54. The van der Waals surface area contributed by atoms with Crippen LogP contribution in [0.4, 0.5) is 19.3 Å². The van der Waals surface area contributed by atoms with Gasteiger partial charge in [0.2, 0.25) is 5.91 Å². The molecule has 1 aromatic carbocycles. The van der Waals surface area contributed by atoms with Crippen LogP contribution in [0, 0.1) is 17.6 Å². The van der Waals surface area contributed by atoms with Gasteiger partial charge < -0.3 is 15.0 Å². The fourth-order valence-corrected chi connectivity index (χ4v) is 4.12. The second kappa shape index (κ2) is 7.44. The average Bonchev–Trinajstić information content (AvgIpc) is 2.80. The molecule has 3 rings (SSSR count). The van der Waals surface area contributed by atoms with Gasteiger partial charge in [0.15, 0.2) is 0 Å². The predicted molar refractivity (Wildman–Crippen MR) is 97.2 cm³/mol. The van der Waals surface area contributed by atoms with Crippen molar-refractivity contribution in [3.8, 4) is 0 Å². The lowest BCUT2D eigenvalue weighted by molar-refractivity contribution is -0.117. The minimum Gasteiger partial charge on any atom is -0.444 e. The lowest BCUT2D eigenvalue weighted by Gasteiger charge is -2.39. The molecule has 2 unspecified atom stereocenters. The summed E-state index contributed by atoms with van der Waals surface area (Å²) >= 11 is 0. The molecule has 0 radical (unpaired) electrons. The number of nitrogens with one attached hydrogen (secondary N) is 1. The zero-order valence-electron chi connectivity index (χ0n) is 15.9. The Kier molecular flexibility index (Phi) is 5.40. The first-order chi connectivity index (χ1) is 12.6. The van der Waals surface area contributed by atoms with Crippen LogP contribution in [0.1, 0.15) is 52.9 Å². The normalized spacial score (nSPS) is 24.6. The summed E-state index contributed by atoms with van der Waals surface area (Å²) in [5.74, 6) is -1.64. The van der Waals surface area contributed by atoms with E-state index in [-0.39, 0.29) is 42.1 Å². The molecule has 0 saturated carbocycles. The van der Waals surface area contributed by atoms with Crippen LogP contribution in [-0.2, 0) is 9.53 Å². The topological polar surface area (TPSA) is 58.6 Å². The van der Waals surface area contributed by atoms with Crippen LogP contribution in [0.2, 0.25) is 0 Å². The van der Waals surface area contributed by atoms with Gasteiger partial charge in [-0.2, -0.15) is 0 Å². The van der Waals surface area contributed by atoms with E-state index in [1.165, 1.54) is 6.07 Å². The largest absolute Gasteiger partial charge is 0.444 e. The number of rotatable bonds is 3. The SMILES string of the molecule is CC(C)(C)OC(=O)N1C2CC[C@H]1CC(CC(=O)Nc1ccc(F)cc1F)C2. The molecule has 27 heavy (non-hydrogen) atoms. The van der Waals surface area contributed by atoms with Crippen molar-refractivity contribution < 1.29 is 23.1 Å². The summed E-state index contributed by atoms with van der Waals surface area (Å²) < 4.78 is 32.2. The van der Waals surface area contributed by atoms with E-state index in [2.05, 4.69) is 5.32 Å². The zero-order chi connectivity index (χ0) is 19.8. The molecule has 1 aromatic rings. The maximum absolute atomic E-state index is 13.7. The van der Waals surface area contributed by atoms with Gasteiger partial charge >= 0.3 is 6.09 Å². The first-order valence-corrected chi connectivity index (χ1v) is 9.38. The Morgan fingerprint density at radius 1 is 1.19 bits per heavy atom. The van der Waals surface area contributed by atoms with Gasteiger partial charge in [-0.05, 0) is 64.5 Å². The number of piperidine rings is 1. The molecule has 148 valence electrons. The molecule has 0 aliphatic carbocycles. The van der Waals surface area contributed by atoms with Gasteiger partial charge in [0.05, 0.1) is 5.69 Å². The molecule has 3 atom stereocenters. The van der Waals surface area contributed by atoms with Crippen molar-refractivity contribution >= 4 is 17.7 Å². The van der Waals surface area contributed by atoms with E-state index >= 15 is 0 Å². The maximum Gasteiger partial charge on any atom is 0.410 e. The first kappa shape index (κ1) is 19.6. The van der Waals surface area contributed by atoms with Gasteiger partial charge in [0.1, 0.15) is 17.2 Å². The van der Waals surface area contributed by atoms with E-state index in [4.69, 9.17) is 4.74 Å². The Balaban J connectivity index is 1.57. The Morgan fingerprint density at radius 2 is 1.81 bits per heavy atom. The molecule has 0 spiro atoms. The molecule has 1 N–H and O–H groups in total. The number of carbonyl (C=O) groups excluding carboxylic acids is 2. The molecule has 2 bridgehead atoms. The summed E-state index contributed by atoms with van der Waals surface area (Å²) in [7, 11) is 0. The smallest absolute Gasteiger partial charge is 0.410 e. The number of ether oxygens (including phenoxy) is 1. The van der Waals surface area contributed by atoms with Crippen molar-refractivity contribution in [2.24, 2.45) is 5.92 Å². The minimum atomic E-state index is -0.789. The quantitative estimate of drug-likeness (QED) is 0.842. The molecule has 2 amide bonds. The Labute approximate surface area is 158 Å². The van der Waals surface area contributed by atoms with Crippen molar-refractivity contribution in [2.75, 3.05) is 5.32 Å². The van der Waals surface area contributed by atoms with Gasteiger partial charge in [-0.25, -0.2) is 13.6 Å². The van der Waals surface area contributed by atoms with Crippen LogP contribution in [0.25, 0.3) is 0 Å². The van der Waals surface area contributed by atoms with Gasteiger partial charge in [-0.1, -0.05) is 0 Å². The predicted octanol–water partition coefficient (Wildman–Crippen LogP) is 4.47. The number of hydrogen-bond donors (Lipinski definition) is 1. The highest BCUT2D eigenvalue weighted by atomic mass is 19.1. The van der Waals surface area contributed by atoms with Crippen molar-refractivity contribution in [1.82, 2.24) is 4.90 Å². The van der Waals surface area contributed by atoms with Crippen LogP contribution >= 0.6 is 0 Å². The molecule has 2 fully saturated rings. The van der Waals surface area contributed by atoms with Crippen LogP contribution in [0.15, 0.2) is 18.2 Å². The number of fused-ring (bicyclic) bond motifs is 2. The van der Waals surface area contributed by atoms with Crippen molar-refractivity contribution in [3.63, 3.8) is 0 Å². The molecule has 7 heteroatoms. The highest BCUT2D eigenvalue weighted by Crippen LogP contribution is 2.40. The number of nitrogens with zero attached hydrogens (tertiary/aromatic N) is 1. The third-order valence-corrected chi connectivity index (χ3v) is 5.11. The Morgan fingerprint density at radius 3 is 2.37 bits per heavy atom. The summed E-state index contributed by atoms with van der Waals surface area (Å²) in [6, 6.07) is 3.24. The van der Waals surface area contributed by atoms with Crippen molar-refractivity contribution in [2.45, 2.75) is 70.6 Å². The molecule has 2 saturated heterocycles. The van der Waals surface area contributed by atoms with Gasteiger partial charge in [0, 0.05) is 24.6 Å². The third-order valence-electron chi connectivity index (χ3n) is 5.11. The first-order valence-electron chi connectivity index (χ1n) is 9.38. The van der Waals surface area contributed by atoms with Gasteiger partial charge in [-0.15, -0.1) is 0 Å². The lowest BCUT2D eigenvalue weighted by Crippen LogP contribution is -2.48. The summed E-state index contributed by atoms with van der Waals surface area (Å²) in [6.07, 6.45) is 3.26. The van der Waals surface area contributed by atoms with Crippen LogP contribution in [0.3, 0.4) is 0 Å². The Hall–Kier alpha value is -2.18. The monoisotopic (exact) mass is 380 g/mol. The zero-order valence-corrected chi connectivity index (χ0v) is 15.9. The van der Waals surface area contributed by atoms with Crippen LogP contribution in [0.5, 0.6) is 0 Å². The lowest BCUT2D eigenvalue weighted by atomic mass is 9.88. The van der Waals surface area contributed by atoms with Gasteiger partial charge in [-0.3, -0.25) is 4.79 Å². The summed E-state index contributed by atoms with van der Waals surface area (Å²) in [5.41, 5.74) is -0.553. The summed E-state index contributed by atoms with van der Waals surface area (Å²) in [5, 5.41) is 2.51. The second-order valence-corrected chi connectivity index (χ2v) is 8.49. The van der Waals surface area contributed by atoms with E-state index in [0.717, 1.165) is 37.8 Å². The highest BCUT2D eigenvalue weighted by Gasteiger charge is 2.45. The molecular formula is C20H26F2N2O3. The van der Waals surface area contributed by atoms with E-state index in [1.54, 1.807) is 0 Å². The Bertz CT molecular complexity index is 718. The molecule has 2 aliphatic heterocycles. The number of hydrogen-bond acceptors (Lipinski definition) is 3. The van der Waals surface area contributed by atoms with Gasteiger partial charge in [0.25, 0.3) is 0 Å². The standard InChI is InChI=1S/C20H26F2N2O3/c1-20(2,3)27-19(26)24-14-5-6-15(24)9-12(8-14)10-18(25)23-17-7-4-13(21)11-16(17)22/h4,7,11-12,14-15H,5-6,8-10H2,1-3H3,(H,23,25)/t12?,14-,15?/m0/s1. The summed E-state index contributed by atoms with van der Waals surface area (Å²) in [4.78, 5) is 26.6. The minimum absolute atomic E-state index is 0.0180. The third kappa shape index (κ3) is 4.76. The molecule has 2 heterocycles. The average molecular weight is 380 g/mol. The number of anilines is 1. The molecule has 5 nitrogen and oxygen atoms in total. The number of halogens is 2. The van der Waals surface area contributed by atoms with E-state index < -0.39 is 17.2 Å². The molecular weight excluding hydrogens is 354 g/mol.